The summed E-state index contributed by atoms with van der Waals surface area (Å²) in [6.07, 6.45) is 1.42. The fourth-order valence-electron chi connectivity index (χ4n) is 0.697. The maximum absolute atomic E-state index is 9.30. The van der Waals surface area contributed by atoms with E-state index < -0.39 is 0 Å². The lowest BCUT2D eigenvalue weighted by Gasteiger charge is -2.06. The van der Waals surface area contributed by atoms with Crippen molar-refractivity contribution < 1.29 is 5.11 Å². The summed E-state index contributed by atoms with van der Waals surface area (Å²) in [7, 11) is 0. The molecular weight excluding hydrogens is 318 g/mol. The molecule has 0 fully saturated rings. The standard InChI is InChI=1S/C8H9Br2NOS/c9-4-6(12)5-13-8-7(10)2-1-3-11-8/h1-3,6,12H,4-5H2. The highest BCUT2D eigenvalue weighted by atomic mass is 79.9. The van der Waals surface area contributed by atoms with Gasteiger partial charge in [0, 0.05) is 21.8 Å². The monoisotopic (exact) mass is 325 g/mol. The van der Waals surface area contributed by atoms with Gasteiger partial charge >= 0.3 is 0 Å². The lowest BCUT2D eigenvalue weighted by atomic mass is 10.5. The summed E-state index contributed by atoms with van der Waals surface area (Å²) in [5, 5.41) is 10.8. The van der Waals surface area contributed by atoms with Crippen molar-refractivity contribution in [2.24, 2.45) is 0 Å². The molecule has 1 unspecified atom stereocenters. The van der Waals surface area contributed by atoms with Gasteiger partial charge in [-0.15, -0.1) is 11.8 Å². The van der Waals surface area contributed by atoms with E-state index in [-0.39, 0.29) is 6.10 Å². The summed E-state index contributed by atoms with van der Waals surface area (Å²) < 4.78 is 0.974. The van der Waals surface area contributed by atoms with Crippen molar-refractivity contribution in [3.8, 4) is 0 Å². The van der Waals surface area contributed by atoms with Gasteiger partial charge in [-0.25, -0.2) is 4.98 Å². The molecule has 1 atom stereocenters. The summed E-state index contributed by atoms with van der Waals surface area (Å²) in [6, 6.07) is 3.81. The van der Waals surface area contributed by atoms with E-state index in [9.17, 15) is 5.11 Å². The fourth-order valence-corrected chi connectivity index (χ4v) is 2.64. The Hall–Kier alpha value is 0.420. The van der Waals surface area contributed by atoms with Crippen LogP contribution in [-0.4, -0.2) is 27.3 Å². The smallest absolute Gasteiger partial charge is 0.110 e. The van der Waals surface area contributed by atoms with Crippen molar-refractivity contribution in [2.45, 2.75) is 11.1 Å². The number of nitrogens with zero attached hydrogens (tertiary/aromatic N) is 1. The van der Waals surface area contributed by atoms with Crippen LogP contribution in [-0.2, 0) is 0 Å². The number of alkyl halides is 1. The van der Waals surface area contributed by atoms with Crippen molar-refractivity contribution in [3.05, 3.63) is 22.8 Å². The molecule has 0 aliphatic heterocycles. The van der Waals surface area contributed by atoms with Crippen LogP contribution in [0.3, 0.4) is 0 Å². The van der Waals surface area contributed by atoms with Crippen LogP contribution in [0.25, 0.3) is 0 Å². The zero-order valence-electron chi connectivity index (χ0n) is 6.78. The minimum absolute atomic E-state index is 0.320. The Balaban J connectivity index is 2.50. The third-order valence-electron chi connectivity index (χ3n) is 1.32. The zero-order valence-corrected chi connectivity index (χ0v) is 10.8. The van der Waals surface area contributed by atoms with E-state index >= 15 is 0 Å². The number of thioether (sulfide) groups is 1. The summed E-state index contributed by atoms with van der Waals surface area (Å²) in [4.78, 5) is 4.17. The first-order valence-electron chi connectivity index (χ1n) is 3.71. The normalized spacial score (nSPS) is 12.8. The van der Waals surface area contributed by atoms with E-state index in [1.54, 1.807) is 18.0 Å². The van der Waals surface area contributed by atoms with Crippen LogP contribution in [0.15, 0.2) is 27.8 Å². The maximum Gasteiger partial charge on any atom is 0.110 e. The Labute approximate surface area is 98.4 Å². The lowest BCUT2D eigenvalue weighted by molar-refractivity contribution is 0.226. The predicted octanol–water partition coefficient (Wildman–Crippen LogP) is 2.69. The van der Waals surface area contributed by atoms with Crippen molar-refractivity contribution in [3.63, 3.8) is 0 Å². The molecule has 1 rings (SSSR count). The second-order valence-corrected chi connectivity index (χ2v) is 4.92. The molecule has 0 spiro atoms. The second-order valence-electron chi connectivity index (χ2n) is 2.41. The van der Waals surface area contributed by atoms with Gasteiger partial charge in [-0.05, 0) is 28.1 Å². The number of aromatic nitrogens is 1. The number of pyridine rings is 1. The largest absolute Gasteiger partial charge is 0.391 e. The van der Waals surface area contributed by atoms with Gasteiger partial charge < -0.3 is 5.11 Å². The molecule has 0 aromatic carbocycles. The van der Waals surface area contributed by atoms with E-state index in [1.165, 1.54) is 0 Å². The van der Waals surface area contributed by atoms with Crippen molar-refractivity contribution in [1.82, 2.24) is 4.98 Å². The van der Waals surface area contributed by atoms with Crippen molar-refractivity contribution in [2.75, 3.05) is 11.1 Å². The van der Waals surface area contributed by atoms with Gasteiger partial charge in [0.1, 0.15) is 5.03 Å². The Bertz CT molecular complexity index is 272. The Kier molecular flexibility index (Phi) is 5.31. The van der Waals surface area contributed by atoms with Gasteiger partial charge in [0.2, 0.25) is 0 Å². The van der Waals surface area contributed by atoms with E-state index in [0.717, 1.165) is 9.50 Å². The summed E-state index contributed by atoms with van der Waals surface area (Å²) in [6.45, 7) is 0. The van der Waals surface area contributed by atoms with Crippen molar-refractivity contribution >= 4 is 43.6 Å². The summed E-state index contributed by atoms with van der Waals surface area (Å²) >= 11 is 8.14. The predicted molar refractivity (Wildman–Crippen MR) is 62.5 cm³/mol. The molecule has 1 aromatic rings. The highest BCUT2D eigenvalue weighted by Gasteiger charge is 2.05. The molecular formula is C8H9Br2NOS. The molecule has 13 heavy (non-hydrogen) atoms. The number of aliphatic hydroxyl groups excluding tert-OH is 1. The van der Waals surface area contributed by atoms with Crippen LogP contribution < -0.4 is 0 Å². The van der Waals surface area contributed by atoms with Crippen LogP contribution in [0.5, 0.6) is 0 Å². The molecule has 0 saturated heterocycles. The number of rotatable bonds is 4. The number of aliphatic hydroxyl groups is 1. The number of halogens is 2. The molecule has 72 valence electrons. The molecule has 5 heteroatoms. The van der Waals surface area contributed by atoms with E-state index in [1.807, 2.05) is 12.1 Å². The van der Waals surface area contributed by atoms with Crippen molar-refractivity contribution in [1.29, 1.82) is 0 Å². The average Bonchev–Trinajstić information content (AvgIpc) is 2.16. The quantitative estimate of drug-likeness (QED) is 0.682. The molecule has 0 saturated carbocycles. The van der Waals surface area contributed by atoms with E-state index in [4.69, 9.17) is 0 Å². The fraction of sp³-hybridized carbons (Fsp3) is 0.375. The molecule has 0 radical (unpaired) electrons. The van der Waals surface area contributed by atoms with Gasteiger partial charge in [-0.1, -0.05) is 15.9 Å². The third kappa shape index (κ3) is 3.97. The highest BCUT2D eigenvalue weighted by Crippen LogP contribution is 2.25. The molecule has 0 bridgehead atoms. The first kappa shape index (κ1) is 11.5. The molecule has 1 N–H and O–H groups in total. The SMILES string of the molecule is OC(CBr)CSc1ncccc1Br. The first-order valence-corrected chi connectivity index (χ1v) is 6.61. The van der Waals surface area contributed by atoms with Gasteiger partial charge in [0.05, 0.1) is 6.10 Å². The lowest BCUT2D eigenvalue weighted by Crippen LogP contribution is -2.10. The molecule has 1 heterocycles. The number of hydrogen-bond donors (Lipinski definition) is 1. The Morgan fingerprint density at radius 1 is 1.62 bits per heavy atom. The van der Waals surface area contributed by atoms with Crippen LogP contribution in [0.1, 0.15) is 0 Å². The Morgan fingerprint density at radius 3 is 3.00 bits per heavy atom. The number of hydrogen-bond acceptors (Lipinski definition) is 3. The topological polar surface area (TPSA) is 33.1 Å². The summed E-state index contributed by atoms with van der Waals surface area (Å²) in [5.41, 5.74) is 0. The van der Waals surface area contributed by atoms with Crippen LogP contribution >= 0.6 is 43.6 Å². The molecule has 1 aromatic heterocycles. The van der Waals surface area contributed by atoms with E-state index in [0.29, 0.717) is 11.1 Å². The zero-order chi connectivity index (χ0) is 9.68. The van der Waals surface area contributed by atoms with Crippen LogP contribution in [0, 0.1) is 0 Å². The van der Waals surface area contributed by atoms with Gasteiger partial charge in [0.25, 0.3) is 0 Å². The molecule has 2 nitrogen and oxygen atoms in total. The van der Waals surface area contributed by atoms with Crippen LogP contribution in [0.2, 0.25) is 0 Å². The minimum atomic E-state index is -0.320. The third-order valence-corrected chi connectivity index (χ3v) is 4.12. The molecule has 0 aliphatic rings. The maximum atomic E-state index is 9.30. The average molecular weight is 327 g/mol. The van der Waals surface area contributed by atoms with Gasteiger partial charge in [-0.2, -0.15) is 0 Å². The summed E-state index contributed by atoms with van der Waals surface area (Å²) in [5.74, 6) is 0.654. The van der Waals surface area contributed by atoms with E-state index in [2.05, 4.69) is 36.8 Å². The van der Waals surface area contributed by atoms with Gasteiger partial charge in [0.15, 0.2) is 0 Å². The Morgan fingerprint density at radius 2 is 2.38 bits per heavy atom. The first-order chi connectivity index (χ1) is 6.24. The minimum Gasteiger partial charge on any atom is -0.391 e. The van der Waals surface area contributed by atoms with Crippen LogP contribution in [0.4, 0.5) is 0 Å². The molecule has 0 aliphatic carbocycles. The second kappa shape index (κ2) is 6.01. The molecule has 0 amide bonds. The van der Waals surface area contributed by atoms with Gasteiger partial charge in [-0.3, -0.25) is 0 Å². The highest BCUT2D eigenvalue weighted by molar-refractivity contribution is 9.10.